The molecule has 1 atom stereocenters. The van der Waals surface area contributed by atoms with Crippen molar-refractivity contribution in [1.82, 2.24) is 10.2 Å². The Hall–Kier alpha value is -1.56. The second kappa shape index (κ2) is 6.56. The standard InChI is InChI=1S/C13H18BrN3O2/c1-8(12(18)16-2)7-17(3)13(19)9-5-4-6-10(15)11(9)14/h4-6,8H,7,15H2,1-3H3,(H,16,18). The topological polar surface area (TPSA) is 75.4 Å². The first-order valence-corrected chi connectivity index (χ1v) is 6.68. The van der Waals surface area contributed by atoms with Gasteiger partial charge in [-0.15, -0.1) is 0 Å². The van der Waals surface area contributed by atoms with Crippen LogP contribution in [0.3, 0.4) is 0 Å². The van der Waals surface area contributed by atoms with Gasteiger partial charge in [0.25, 0.3) is 5.91 Å². The van der Waals surface area contributed by atoms with Crippen LogP contribution in [-0.4, -0.2) is 37.4 Å². The lowest BCUT2D eigenvalue weighted by molar-refractivity contribution is -0.124. The normalized spacial score (nSPS) is 11.8. The van der Waals surface area contributed by atoms with Crippen LogP contribution < -0.4 is 11.1 Å². The summed E-state index contributed by atoms with van der Waals surface area (Å²) in [6, 6.07) is 5.14. The highest BCUT2D eigenvalue weighted by Gasteiger charge is 2.20. The first-order chi connectivity index (χ1) is 8.88. The zero-order valence-corrected chi connectivity index (χ0v) is 12.8. The highest BCUT2D eigenvalue weighted by atomic mass is 79.9. The summed E-state index contributed by atoms with van der Waals surface area (Å²) >= 11 is 3.31. The van der Waals surface area contributed by atoms with E-state index in [1.807, 2.05) is 0 Å². The van der Waals surface area contributed by atoms with E-state index in [-0.39, 0.29) is 17.7 Å². The molecular formula is C13H18BrN3O2. The van der Waals surface area contributed by atoms with Crippen molar-refractivity contribution in [2.45, 2.75) is 6.92 Å². The van der Waals surface area contributed by atoms with Gasteiger partial charge in [0.2, 0.25) is 5.91 Å². The molecule has 0 aliphatic rings. The molecule has 0 spiro atoms. The molecule has 1 aromatic rings. The Kier molecular flexibility index (Phi) is 5.35. The van der Waals surface area contributed by atoms with Crippen LogP contribution >= 0.6 is 15.9 Å². The number of nitrogen functional groups attached to an aromatic ring is 1. The van der Waals surface area contributed by atoms with E-state index in [1.54, 1.807) is 39.2 Å². The number of rotatable bonds is 4. The third-order valence-electron chi connectivity index (χ3n) is 2.85. The van der Waals surface area contributed by atoms with Crippen molar-refractivity contribution in [3.05, 3.63) is 28.2 Å². The first-order valence-electron chi connectivity index (χ1n) is 5.89. The van der Waals surface area contributed by atoms with Crippen LogP contribution in [0.5, 0.6) is 0 Å². The number of halogens is 1. The Bertz CT molecular complexity index is 491. The maximum Gasteiger partial charge on any atom is 0.254 e. The van der Waals surface area contributed by atoms with Gasteiger partial charge in [0, 0.05) is 26.3 Å². The number of anilines is 1. The van der Waals surface area contributed by atoms with E-state index in [0.29, 0.717) is 22.3 Å². The Morgan fingerprint density at radius 1 is 1.47 bits per heavy atom. The largest absolute Gasteiger partial charge is 0.398 e. The molecule has 19 heavy (non-hydrogen) atoms. The van der Waals surface area contributed by atoms with Crippen LogP contribution in [0.4, 0.5) is 5.69 Å². The average Bonchev–Trinajstić information content (AvgIpc) is 2.39. The van der Waals surface area contributed by atoms with Gasteiger partial charge in [0.15, 0.2) is 0 Å². The molecule has 0 saturated heterocycles. The molecule has 0 aliphatic heterocycles. The molecule has 1 aromatic carbocycles. The Labute approximate surface area is 121 Å². The maximum absolute atomic E-state index is 12.3. The number of carbonyl (C=O) groups excluding carboxylic acids is 2. The van der Waals surface area contributed by atoms with Gasteiger partial charge in [0.05, 0.1) is 16.0 Å². The lowest BCUT2D eigenvalue weighted by Crippen LogP contribution is -2.37. The Morgan fingerprint density at radius 2 is 2.11 bits per heavy atom. The van der Waals surface area contributed by atoms with Gasteiger partial charge in [-0.2, -0.15) is 0 Å². The lowest BCUT2D eigenvalue weighted by atomic mass is 10.1. The second-order valence-corrected chi connectivity index (χ2v) is 5.20. The molecule has 0 radical (unpaired) electrons. The highest BCUT2D eigenvalue weighted by Crippen LogP contribution is 2.24. The van der Waals surface area contributed by atoms with E-state index in [0.717, 1.165) is 0 Å². The van der Waals surface area contributed by atoms with Crippen LogP contribution in [0, 0.1) is 5.92 Å². The number of hydrogen-bond acceptors (Lipinski definition) is 3. The molecule has 0 heterocycles. The Morgan fingerprint density at radius 3 is 2.68 bits per heavy atom. The molecular weight excluding hydrogens is 310 g/mol. The summed E-state index contributed by atoms with van der Waals surface area (Å²) in [5, 5.41) is 2.56. The number of benzene rings is 1. The molecule has 6 heteroatoms. The highest BCUT2D eigenvalue weighted by molar-refractivity contribution is 9.10. The number of hydrogen-bond donors (Lipinski definition) is 2. The summed E-state index contributed by atoms with van der Waals surface area (Å²) in [5.41, 5.74) is 6.75. The summed E-state index contributed by atoms with van der Waals surface area (Å²) in [6.45, 7) is 2.12. The summed E-state index contributed by atoms with van der Waals surface area (Å²) < 4.78 is 0.583. The summed E-state index contributed by atoms with van der Waals surface area (Å²) in [5.74, 6) is -0.528. The fraction of sp³-hybridized carbons (Fsp3) is 0.385. The zero-order valence-electron chi connectivity index (χ0n) is 11.2. The van der Waals surface area contributed by atoms with Gasteiger partial charge in [0.1, 0.15) is 0 Å². The third-order valence-corrected chi connectivity index (χ3v) is 3.73. The summed E-state index contributed by atoms with van der Waals surface area (Å²) in [7, 11) is 3.24. The van der Waals surface area contributed by atoms with E-state index in [2.05, 4.69) is 21.2 Å². The van der Waals surface area contributed by atoms with Crippen molar-refractivity contribution in [2.75, 3.05) is 26.4 Å². The molecule has 0 bridgehead atoms. The van der Waals surface area contributed by atoms with Gasteiger partial charge in [-0.05, 0) is 28.1 Å². The van der Waals surface area contributed by atoms with Gasteiger partial charge in [-0.25, -0.2) is 0 Å². The number of nitrogens with two attached hydrogens (primary N) is 1. The SMILES string of the molecule is CNC(=O)C(C)CN(C)C(=O)c1cccc(N)c1Br. The van der Waals surface area contributed by atoms with Crippen LogP contribution in [0.15, 0.2) is 22.7 Å². The van der Waals surface area contributed by atoms with Crippen LogP contribution in [0.25, 0.3) is 0 Å². The molecule has 5 nitrogen and oxygen atoms in total. The van der Waals surface area contributed by atoms with Crippen LogP contribution in [0.2, 0.25) is 0 Å². The zero-order chi connectivity index (χ0) is 14.6. The number of nitrogens with one attached hydrogen (secondary N) is 1. The molecule has 0 saturated carbocycles. The fourth-order valence-corrected chi connectivity index (χ4v) is 2.18. The van der Waals surface area contributed by atoms with Crippen LogP contribution in [-0.2, 0) is 4.79 Å². The van der Waals surface area contributed by atoms with E-state index < -0.39 is 0 Å². The van der Waals surface area contributed by atoms with Gasteiger partial charge in [-0.1, -0.05) is 13.0 Å². The average molecular weight is 328 g/mol. The number of nitrogens with zero attached hydrogens (tertiary/aromatic N) is 1. The molecule has 3 N–H and O–H groups in total. The number of carbonyl (C=O) groups is 2. The van der Waals surface area contributed by atoms with Crippen molar-refractivity contribution in [3.63, 3.8) is 0 Å². The molecule has 0 fully saturated rings. The quantitative estimate of drug-likeness (QED) is 0.822. The minimum absolute atomic E-state index is 0.0914. The van der Waals surface area contributed by atoms with E-state index >= 15 is 0 Å². The molecule has 0 aromatic heterocycles. The third kappa shape index (κ3) is 3.70. The fourth-order valence-electron chi connectivity index (χ4n) is 1.74. The molecule has 0 aliphatic carbocycles. The number of amides is 2. The predicted octanol–water partition coefficient (Wildman–Crippen LogP) is 1.49. The van der Waals surface area contributed by atoms with E-state index in [4.69, 9.17) is 5.73 Å². The van der Waals surface area contributed by atoms with Crippen molar-refractivity contribution >= 4 is 33.4 Å². The summed E-state index contributed by atoms with van der Waals surface area (Å²) in [6.07, 6.45) is 0. The minimum atomic E-state index is -0.265. The van der Waals surface area contributed by atoms with Gasteiger partial charge < -0.3 is 16.0 Å². The first kappa shape index (κ1) is 15.5. The molecule has 1 rings (SSSR count). The lowest BCUT2D eigenvalue weighted by Gasteiger charge is -2.21. The smallest absolute Gasteiger partial charge is 0.254 e. The minimum Gasteiger partial charge on any atom is -0.398 e. The van der Waals surface area contributed by atoms with Crippen molar-refractivity contribution in [1.29, 1.82) is 0 Å². The maximum atomic E-state index is 12.3. The second-order valence-electron chi connectivity index (χ2n) is 4.41. The summed E-state index contributed by atoms with van der Waals surface area (Å²) in [4.78, 5) is 25.2. The molecule has 104 valence electrons. The van der Waals surface area contributed by atoms with E-state index in [9.17, 15) is 9.59 Å². The monoisotopic (exact) mass is 327 g/mol. The van der Waals surface area contributed by atoms with Gasteiger partial charge >= 0.3 is 0 Å². The van der Waals surface area contributed by atoms with Crippen molar-refractivity contribution < 1.29 is 9.59 Å². The van der Waals surface area contributed by atoms with Crippen molar-refractivity contribution in [2.24, 2.45) is 5.92 Å². The van der Waals surface area contributed by atoms with Crippen LogP contribution in [0.1, 0.15) is 17.3 Å². The van der Waals surface area contributed by atoms with Gasteiger partial charge in [-0.3, -0.25) is 9.59 Å². The van der Waals surface area contributed by atoms with Crippen molar-refractivity contribution in [3.8, 4) is 0 Å². The molecule has 2 amide bonds. The Balaban J connectivity index is 2.83. The molecule has 1 unspecified atom stereocenters. The van der Waals surface area contributed by atoms with E-state index in [1.165, 1.54) is 4.90 Å². The predicted molar refractivity (Wildman–Crippen MR) is 78.7 cm³/mol.